The molecule has 0 atom stereocenters. The Balaban J connectivity index is 1.70. The summed E-state index contributed by atoms with van der Waals surface area (Å²) in [5, 5.41) is 2.63. The SMILES string of the molecule is CC(C)(C)OC(=O)NCCOCCOCCOCCOCCOCCOCc1ccccc1. The molecule has 1 N–H and O–H groups in total. The highest BCUT2D eigenvalue weighted by Crippen LogP contribution is 2.06. The van der Waals surface area contributed by atoms with Crippen molar-refractivity contribution in [1.29, 1.82) is 0 Å². The highest BCUT2D eigenvalue weighted by Gasteiger charge is 2.15. The highest BCUT2D eigenvalue weighted by atomic mass is 16.6. The molecule has 1 aromatic rings. The van der Waals surface area contributed by atoms with Gasteiger partial charge in [-0.25, -0.2) is 4.79 Å². The van der Waals surface area contributed by atoms with Gasteiger partial charge in [0, 0.05) is 6.54 Å². The van der Waals surface area contributed by atoms with E-state index >= 15 is 0 Å². The van der Waals surface area contributed by atoms with Crippen molar-refractivity contribution in [3.8, 4) is 0 Å². The molecule has 190 valence electrons. The summed E-state index contributed by atoms with van der Waals surface area (Å²) in [6, 6.07) is 10.1. The Bertz CT molecular complexity index is 580. The molecule has 0 unspecified atom stereocenters. The van der Waals surface area contributed by atoms with Crippen LogP contribution < -0.4 is 5.32 Å². The second kappa shape index (κ2) is 19.7. The van der Waals surface area contributed by atoms with Crippen molar-refractivity contribution in [3.63, 3.8) is 0 Å². The molecule has 1 aromatic carbocycles. The van der Waals surface area contributed by atoms with E-state index in [1.54, 1.807) is 0 Å². The van der Waals surface area contributed by atoms with Crippen LogP contribution in [-0.4, -0.2) is 90.9 Å². The van der Waals surface area contributed by atoms with Gasteiger partial charge >= 0.3 is 6.09 Å². The van der Waals surface area contributed by atoms with E-state index < -0.39 is 11.7 Å². The average Bonchev–Trinajstić information content (AvgIpc) is 2.77. The van der Waals surface area contributed by atoms with E-state index in [2.05, 4.69) is 5.32 Å². The number of carbonyl (C=O) groups is 1. The Morgan fingerprint density at radius 1 is 0.667 bits per heavy atom. The summed E-state index contributed by atoms with van der Waals surface area (Å²) in [5.74, 6) is 0. The molecule has 0 fully saturated rings. The lowest BCUT2D eigenvalue weighted by molar-refractivity contribution is -0.0176. The summed E-state index contributed by atoms with van der Waals surface area (Å²) in [4.78, 5) is 11.4. The van der Waals surface area contributed by atoms with E-state index in [0.29, 0.717) is 85.8 Å². The zero-order valence-electron chi connectivity index (χ0n) is 20.3. The number of rotatable bonds is 20. The zero-order chi connectivity index (χ0) is 24.0. The van der Waals surface area contributed by atoms with Gasteiger partial charge in [-0.3, -0.25) is 0 Å². The molecule has 0 saturated heterocycles. The van der Waals surface area contributed by atoms with Gasteiger partial charge in [0.25, 0.3) is 0 Å². The van der Waals surface area contributed by atoms with Crippen LogP contribution in [-0.2, 0) is 39.8 Å². The normalized spacial score (nSPS) is 11.5. The number of ether oxygens (including phenoxy) is 7. The molecule has 0 radical (unpaired) electrons. The van der Waals surface area contributed by atoms with Crippen molar-refractivity contribution in [1.82, 2.24) is 5.32 Å². The van der Waals surface area contributed by atoms with E-state index in [9.17, 15) is 4.79 Å². The van der Waals surface area contributed by atoms with Crippen LogP contribution in [0.2, 0.25) is 0 Å². The predicted molar refractivity (Wildman–Crippen MR) is 124 cm³/mol. The maximum Gasteiger partial charge on any atom is 0.407 e. The van der Waals surface area contributed by atoms with Crippen LogP contribution in [0.4, 0.5) is 4.79 Å². The van der Waals surface area contributed by atoms with Gasteiger partial charge in [-0.2, -0.15) is 0 Å². The fourth-order valence-corrected chi connectivity index (χ4v) is 2.40. The summed E-state index contributed by atoms with van der Waals surface area (Å²) in [5.41, 5.74) is 0.657. The van der Waals surface area contributed by atoms with Gasteiger partial charge in [-0.15, -0.1) is 0 Å². The first-order chi connectivity index (χ1) is 16.0. The molecule has 0 heterocycles. The summed E-state index contributed by atoms with van der Waals surface area (Å²) in [6.07, 6.45) is -0.444. The highest BCUT2D eigenvalue weighted by molar-refractivity contribution is 5.67. The second-order valence-electron chi connectivity index (χ2n) is 8.03. The molecule has 1 rings (SSSR count). The maximum absolute atomic E-state index is 11.4. The van der Waals surface area contributed by atoms with Crippen LogP contribution in [0.1, 0.15) is 26.3 Å². The average molecular weight is 472 g/mol. The first kappa shape index (κ1) is 29.3. The number of hydrogen-bond acceptors (Lipinski definition) is 8. The first-order valence-corrected chi connectivity index (χ1v) is 11.4. The molecule has 0 spiro atoms. The summed E-state index contributed by atoms with van der Waals surface area (Å²) in [7, 11) is 0. The van der Waals surface area contributed by atoms with Crippen LogP contribution in [0.3, 0.4) is 0 Å². The van der Waals surface area contributed by atoms with Gasteiger partial charge in [0.1, 0.15) is 5.60 Å². The Morgan fingerprint density at radius 3 is 1.55 bits per heavy atom. The fraction of sp³-hybridized carbons (Fsp3) is 0.708. The quantitative estimate of drug-likeness (QED) is 0.290. The molecule has 9 heteroatoms. The lowest BCUT2D eigenvalue weighted by Crippen LogP contribution is -2.34. The molecule has 0 aliphatic carbocycles. The van der Waals surface area contributed by atoms with E-state index in [1.807, 2.05) is 51.1 Å². The zero-order valence-corrected chi connectivity index (χ0v) is 20.3. The number of amides is 1. The molecule has 9 nitrogen and oxygen atoms in total. The standard InChI is InChI=1S/C24H41NO8/c1-24(2,3)33-23(26)25-9-10-27-11-12-28-13-14-29-15-16-30-17-18-31-19-20-32-21-22-7-5-4-6-8-22/h4-8H,9-21H2,1-3H3,(H,25,26). The van der Waals surface area contributed by atoms with Crippen molar-refractivity contribution in [2.45, 2.75) is 33.0 Å². The van der Waals surface area contributed by atoms with Crippen molar-refractivity contribution in [3.05, 3.63) is 35.9 Å². The van der Waals surface area contributed by atoms with Gasteiger partial charge in [-0.05, 0) is 26.3 Å². The smallest absolute Gasteiger partial charge is 0.407 e. The van der Waals surface area contributed by atoms with Crippen molar-refractivity contribution >= 4 is 6.09 Å². The molecule has 0 aliphatic rings. The third-order valence-electron chi connectivity index (χ3n) is 3.89. The molecule has 1 amide bonds. The lowest BCUT2D eigenvalue weighted by Gasteiger charge is -2.19. The number of carbonyl (C=O) groups excluding carboxylic acids is 1. The third-order valence-corrected chi connectivity index (χ3v) is 3.89. The summed E-state index contributed by atoms with van der Waals surface area (Å²) in [6.45, 7) is 12.0. The molecular formula is C24H41NO8. The maximum atomic E-state index is 11.4. The van der Waals surface area contributed by atoms with Gasteiger partial charge < -0.3 is 38.5 Å². The van der Waals surface area contributed by atoms with Crippen LogP contribution in [0, 0.1) is 0 Å². The van der Waals surface area contributed by atoms with Gasteiger partial charge in [0.15, 0.2) is 0 Å². The first-order valence-electron chi connectivity index (χ1n) is 11.4. The Kier molecular flexibility index (Phi) is 17.5. The Labute approximate surface area is 198 Å². The molecule has 0 saturated carbocycles. The van der Waals surface area contributed by atoms with Crippen molar-refractivity contribution in [2.24, 2.45) is 0 Å². The fourth-order valence-electron chi connectivity index (χ4n) is 2.40. The molecule has 0 aliphatic heterocycles. The molecule has 0 aromatic heterocycles. The second-order valence-corrected chi connectivity index (χ2v) is 8.03. The van der Waals surface area contributed by atoms with Crippen LogP contribution in [0.5, 0.6) is 0 Å². The van der Waals surface area contributed by atoms with Crippen LogP contribution in [0.25, 0.3) is 0 Å². The number of benzene rings is 1. The van der Waals surface area contributed by atoms with Gasteiger partial charge in [0.2, 0.25) is 0 Å². The number of hydrogen-bond donors (Lipinski definition) is 1. The monoisotopic (exact) mass is 471 g/mol. The van der Waals surface area contributed by atoms with Crippen LogP contribution in [0.15, 0.2) is 30.3 Å². The predicted octanol–water partition coefficient (Wildman–Crippen LogP) is 2.81. The van der Waals surface area contributed by atoms with E-state index in [-0.39, 0.29) is 0 Å². The molecule has 33 heavy (non-hydrogen) atoms. The number of alkyl carbamates (subject to hydrolysis) is 1. The van der Waals surface area contributed by atoms with Gasteiger partial charge in [0.05, 0.1) is 79.3 Å². The van der Waals surface area contributed by atoms with Crippen molar-refractivity contribution < 1.29 is 38.0 Å². The van der Waals surface area contributed by atoms with E-state index in [0.717, 1.165) is 5.56 Å². The minimum atomic E-state index is -0.500. The topological polar surface area (TPSA) is 93.7 Å². The molecular weight excluding hydrogens is 430 g/mol. The Morgan fingerprint density at radius 2 is 1.09 bits per heavy atom. The van der Waals surface area contributed by atoms with E-state index in [4.69, 9.17) is 33.2 Å². The van der Waals surface area contributed by atoms with Crippen molar-refractivity contribution in [2.75, 3.05) is 79.2 Å². The third kappa shape index (κ3) is 20.6. The Hall–Kier alpha value is -1.75. The molecule has 0 bridgehead atoms. The summed E-state index contributed by atoms with van der Waals surface area (Å²) >= 11 is 0. The van der Waals surface area contributed by atoms with Crippen LogP contribution >= 0.6 is 0 Å². The number of nitrogens with one attached hydrogen (secondary N) is 1. The largest absolute Gasteiger partial charge is 0.444 e. The minimum Gasteiger partial charge on any atom is -0.444 e. The lowest BCUT2D eigenvalue weighted by atomic mass is 10.2. The van der Waals surface area contributed by atoms with E-state index in [1.165, 1.54) is 0 Å². The summed E-state index contributed by atoms with van der Waals surface area (Å²) < 4.78 is 37.8. The van der Waals surface area contributed by atoms with Gasteiger partial charge in [-0.1, -0.05) is 30.3 Å². The minimum absolute atomic E-state index is 0.394.